The Morgan fingerprint density at radius 1 is 1.42 bits per heavy atom. The molecular weight excluding hydrogens is 264 g/mol. The van der Waals surface area contributed by atoms with Crippen LogP contribution in [0, 0.1) is 0 Å². The van der Waals surface area contributed by atoms with Gasteiger partial charge >= 0.3 is 0 Å². The Morgan fingerprint density at radius 2 is 2.21 bits per heavy atom. The summed E-state index contributed by atoms with van der Waals surface area (Å²) in [7, 11) is -3.43. The third-order valence-corrected chi connectivity index (χ3v) is 5.35. The molecule has 1 saturated heterocycles. The molecule has 0 aromatic carbocycles. The van der Waals surface area contributed by atoms with Gasteiger partial charge in [-0.3, -0.25) is 4.90 Å². The van der Waals surface area contributed by atoms with Crippen LogP contribution in [0.25, 0.3) is 0 Å². The summed E-state index contributed by atoms with van der Waals surface area (Å²) >= 11 is 0. The van der Waals surface area contributed by atoms with Gasteiger partial charge in [0.1, 0.15) is 0 Å². The predicted octanol–water partition coefficient (Wildman–Crippen LogP) is -0.0116. The van der Waals surface area contributed by atoms with Gasteiger partial charge in [-0.05, 0) is 25.3 Å². The van der Waals surface area contributed by atoms with Gasteiger partial charge in [-0.25, -0.2) is 13.1 Å². The lowest BCUT2D eigenvalue weighted by Gasteiger charge is -2.15. The summed E-state index contributed by atoms with van der Waals surface area (Å²) in [5.41, 5.74) is 6.20. The Labute approximate surface area is 113 Å². The quantitative estimate of drug-likeness (QED) is 0.709. The fourth-order valence-corrected chi connectivity index (χ4v) is 3.91. The molecule has 1 aromatic rings. The first-order chi connectivity index (χ1) is 9.08. The van der Waals surface area contributed by atoms with Crippen LogP contribution >= 0.6 is 0 Å². The van der Waals surface area contributed by atoms with E-state index < -0.39 is 10.0 Å². The van der Waals surface area contributed by atoms with Gasteiger partial charge in [-0.15, -0.1) is 0 Å². The summed E-state index contributed by atoms with van der Waals surface area (Å²) in [6, 6.07) is 2.32. The molecule has 1 aromatic heterocycles. The third-order valence-electron chi connectivity index (χ3n) is 3.85. The number of nitrogens with two attached hydrogens (primary N) is 1. The smallest absolute Gasteiger partial charge is 0.242 e. The Balaban J connectivity index is 1.64. The fraction of sp³-hybridized carbons (Fsp3) is 0.667. The molecule has 3 rings (SSSR count). The molecule has 2 aliphatic rings. The highest BCUT2D eigenvalue weighted by atomic mass is 32.2. The van der Waals surface area contributed by atoms with Gasteiger partial charge < -0.3 is 10.7 Å². The minimum absolute atomic E-state index is 0.0295. The van der Waals surface area contributed by atoms with Crippen molar-refractivity contribution in [2.45, 2.75) is 42.8 Å². The van der Waals surface area contributed by atoms with Gasteiger partial charge in [-0.1, -0.05) is 0 Å². The minimum Gasteiger partial charge on any atom is -0.363 e. The molecule has 0 spiro atoms. The highest BCUT2D eigenvalue weighted by molar-refractivity contribution is 7.89. The van der Waals surface area contributed by atoms with Crippen LogP contribution in [0.3, 0.4) is 0 Å². The molecular formula is C12H20N4O2S. The highest BCUT2D eigenvalue weighted by Gasteiger charge is 2.35. The van der Waals surface area contributed by atoms with E-state index in [0.29, 0.717) is 12.6 Å². The van der Waals surface area contributed by atoms with Crippen molar-refractivity contribution in [3.8, 4) is 0 Å². The molecule has 1 aliphatic heterocycles. The average Bonchev–Trinajstić information content (AvgIpc) is 2.92. The number of hydrogen-bond donors (Lipinski definition) is 3. The second-order valence-electron chi connectivity index (χ2n) is 5.40. The molecule has 19 heavy (non-hydrogen) atoms. The van der Waals surface area contributed by atoms with Gasteiger partial charge in [0.15, 0.2) is 0 Å². The van der Waals surface area contributed by atoms with E-state index in [4.69, 9.17) is 5.73 Å². The molecule has 2 heterocycles. The average molecular weight is 284 g/mol. The van der Waals surface area contributed by atoms with Crippen LogP contribution in [0.4, 0.5) is 0 Å². The molecule has 4 N–H and O–H groups in total. The largest absolute Gasteiger partial charge is 0.363 e. The van der Waals surface area contributed by atoms with Gasteiger partial charge in [-0.2, -0.15) is 0 Å². The number of aromatic nitrogens is 1. The molecule has 1 atom stereocenters. The van der Waals surface area contributed by atoms with E-state index in [1.165, 1.54) is 19.0 Å². The molecule has 1 aliphatic carbocycles. The molecule has 1 saturated carbocycles. The van der Waals surface area contributed by atoms with Crippen molar-refractivity contribution in [2.75, 3.05) is 13.1 Å². The van der Waals surface area contributed by atoms with E-state index in [9.17, 15) is 8.42 Å². The molecule has 2 fully saturated rings. The number of aromatic amines is 1. The summed E-state index contributed by atoms with van der Waals surface area (Å²) in [6.07, 6.45) is 4.91. The first kappa shape index (κ1) is 13.1. The maximum Gasteiger partial charge on any atom is 0.242 e. The lowest BCUT2D eigenvalue weighted by molar-refractivity contribution is 0.322. The number of nitrogens with one attached hydrogen (secondary N) is 2. The fourth-order valence-electron chi connectivity index (χ4n) is 2.63. The second-order valence-corrected chi connectivity index (χ2v) is 7.11. The molecule has 0 radical (unpaired) electrons. The van der Waals surface area contributed by atoms with Crippen molar-refractivity contribution in [3.63, 3.8) is 0 Å². The maximum atomic E-state index is 12.2. The molecule has 7 heteroatoms. The SMILES string of the molecule is NCc1cc(S(=O)(=O)NC2CCN(C3CC3)C2)c[nH]1. The van der Waals surface area contributed by atoms with Crippen molar-refractivity contribution >= 4 is 10.0 Å². The Hall–Kier alpha value is -0.890. The van der Waals surface area contributed by atoms with Crippen molar-refractivity contribution < 1.29 is 8.42 Å². The summed E-state index contributed by atoms with van der Waals surface area (Å²) in [5.74, 6) is 0. The lowest BCUT2D eigenvalue weighted by Crippen LogP contribution is -2.37. The van der Waals surface area contributed by atoms with Crippen LogP contribution in [-0.2, 0) is 16.6 Å². The van der Waals surface area contributed by atoms with E-state index in [1.807, 2.05) is 0 Å². The van der Waals surface area contributed by atoms with Crippen molar-refractivity contribution in [1.82, 2.24) is 14.6 Å². The Bertz CT molecular complexity index is 550. The number of likely N-dealkylation sites (tertiary alicyclic amines) is 1. The summed E-state index contributed by atoms with van der Waals surface area (Å²) in [5, 5.41) is 0. The van der Waals surface area contributed by atoms with Crippen LogP contribution < -0.4 is 10.5 Å². The van der Waals surface area contributed by atoms with E-state index in [1.54, 1.807) is 6.07 Å². The minimum atomic E-state index is -3.43. The third kappa shape index (κ3) is 2.84. The van der Waals surface area contributed by atoms with Gasteiger partial charge in [0.2, 0.25) is 10.0 Å². The molecule has 1 unspecified atom stereocenters. The van der Waals surface area contributed by atoms with Gasteiger partial charge in [0.25, 0.3) is 0 Å². The standard InChI is InChI=1S/C12H20N4O2S/c13-6-10-5-12(7-14-10)19(17,18)15-9-3-4-16(8-9)11-1-2-11/h5,7,9,11,14-15H,1-4,6,8,13H2. The number of nitrogens with zero attached hydrogens (tertiary/aromatic N) is 1. The molecule has 0 amide bonds. The van der Waals surface area contributed by atoms with E-state index >= 15 is 0 Å². The van der Waals surface area contributed by atoms with E-state index in [2.05, 4.69) is 14.6 Å². The van der Waals surface area contributed by atoms with Crippen LogP contribution in [0.5, 0.6) is 0 Å². The predicted molar refractivity (Wildman–Crippen MR) is 72.0 cm³/mol. The summed E-state index contributed by atoms with van der Waals surface area (Å²) < 4.78 is 27.2. The monoisotopic (exact) mass is 284 g/mol. The van der Waals surface area contributed by atoms with Crippen molar-refractivity contribution in [3.05, 3.63) is 18.0 Å². The van der Waals surface area contributed by atoms with Crippen molar-refractivity contribution in [1.29, 1.82) is 0 Å². The van der Waals surface area contributed by atoms with Crippen LogP contribution in [0.15, 0.2) is 17.2 Å². The zero-order valence-corrected chi connectivity index (χ0v) is 11.6. The lowest BCUT2D eigenvalue weighted by atomic mass is 10.3. The van der Waals surface area contributed by atoms with Crippen molar-refractivity contribution in [2.24, 2.45) is 5.73 Å². The first-order valence-corrected chi connectivity index (χ1v) is 8.20. The van der Waals surface area contributed by atoms with Gasteiger partial charge in [0.05, 0.1) is 4.90 Å². The zero-order valence-electron chi connectivity index (χ0n) is 10.8. The molecule has 106 valence electrons. The molecule has 0 bridgehead atoms. The first-order valence-electron chi connectivity index (χ1n) is 6.72. The highest BCUT2D eigenvalue weighted by Crippen LogP contribution is 2.30. The maximum absolute atomic E-state index is 12.2. The zero-order chi connectivity index (χ0) is 13.5. The van der Waals surface area contributed by atoms with E-state index in [-0.39, 0.29) is 10.9 Å². The number of hydrogen-bond acceptors (Lipinski definition) is 4. The van der Waals surface area contributed by atoms with Crippen LogP contribution in [0.2, 0.25) is 0 Å². The Morgan fingerprint density at radius 3 is 2.84 bits per heavy atom. The molecule has 6 nitrogen and oxygen atoms in total. The topological polar surface area (TPSA) is 91.2 Å². The van der Waals surface area contributed by atoms with Crippen LogP contribution in [-0.4, -0.2) is 43.5 Å². The summed E-state index contributed by atoms with van der Waals surface area (Å²) in [6.45, 7) is 2.14. The normalized spacial score (nSPS) is 25.0. The van der Waals surface area contributed by atoms with Gasteiger partial charge in [0, 0.05) is 43.6 Å². The second kappa shape index (κ2) is 4.90. The Kier molecular flexibility index (Phi) is 3.38. The number of sulfonamides is 1. The summed E-state index contributed by atoms with van der Waals surface area (Å²) in [4.78, 5) is 5.53. The number of H-pyrrole nitrogens is 1. The number of rotatable bonds is 5. The van der Waals surface area contributed by atoms with Crippen LogP contribution in [0.1, 0.15) is 25.0 Å². The van der Waals surface area contributed by atoms with E-state index in [0.717, 1.165) is 25.2 Å².